The summed E-state index contributed by atoms with van der Waals surface area (Å²) >= 11 is 0. The standard InChI is InChI=1S/C11H16N4OS/c1-3-13-11(15-12)8-14-17(16)10-6-4-9(2)5-7-10/h4-8H,3,12H2,1-2H3,(H,13,15)/b14-8+. The fourth-order valence-corrected chi connectivity index (χ4v) is 1.79. The lowest BCUT2D eigenvalue weighted by Gasteiger charge is -1.99. The van der Waals surface area contributed by atoms with Crippen molar-refractivity contribution in [2.75, 3.05) is 6.54 Å². The van der Waals surface area contributed by atoms with E-state index in [4.69, 9.17) is 5.84 Å². The van der Waals surface area contributed by atoms with Crippen molar-refractivity contribution in [1.29, 1.82) is 0 Å². The second kappa shape index (κ2) is 6.93. The van der Waals surface area contributed by atoms with Gasteiger partial charge in [-0.15, -0.1) is 0 Å². The van der Waals surface area contributed by atoms with E-state index in [-0.39, 0.29) is 0 Å². The summed E-state index contributed by atoms with van der Waals surface area (Å²) in [5, 5.41) is 0. The predicted octanol–water partition coefficient (Wildman–Crippen LogP) is 0.970. The Hall–Kier alpha value is -1.53. The molecule has 17 heavy (non-hydrogen) atoms. The van der Waals surface area contributed by atoms with E-state index in [1.807, 2.05) is 26.0 Å². The summed E-state index contributed by atoms with van der Waals surface area (Å²) in [6.07, 6.45) is 1.37. The van der Waals surface area contributed by atoms with Crippen molar-refractivity contribution in [1.82, 2.24) is 5.43 Å². The van der Waals surface area contributed by atoms with Gasteiger partial charge in [0.15, 0.2) is 16.8 Å². The maximum atomic E-state index is 11.8. The number of aryl methyl sites for hydroxylation is 1. The van der Waals surface area contributed by atoms with Crippen molar-refractivity contribution < 1.29 is 4.21 Å². The Labute approximate surface area is 103 Å². The van der Waals surface area contributed by atoms with Crippen molar-refractivity contribution in [2.24, 2.45) is 15.2 Å². The number of amidine groups is 1. The summed E-state index contributed by atoms with van der Waals surface area (Å²) in [5.74, 6) is 5.64. The van der Waals surface area contributed by atoms with Crippen molar-refractivity contribution in [3.63, 3.8) is 0 Å². The lowest BCUT2D eigenvalue weighted by Crippen LogP contribution is -2.31. The van der Waals surface area contributed by atoms with Crippen LogP contribution in [0.2, 0.25) is 0 Å². The topological polar surface area (TPSA) is 79.8 Å². The summed E-state index contributed by atoms with van der Waals surface area (Å²) in [6.45, 7) is 4.44. The van der Waals surface area contributed by atoms with Crippen LogP contribution in [0.1, 0.15) is 12.5 Å². The Bertz CT molecular complexity index is 439. The number of aliphatic imine (C=N–C) groups is 1. The van der Waals surface area contributed by atoms with Gasteiger partial charge in [0.1, 0.15) is 0 Å². The Morgan fingerprint density at radius 1 is 1.47 bits per heavy atom. The molecule has 1 unspecified atom stereocenters. The molecule has 3 N–H and O–H groups in total. The molecule has 0 bridgehead atoms. The van der Waals surface area contributed by atoms with Gasteiger partial charge in [0.2, 0.25) is 0 Å². The second-order valence-corrected chi connectivity index (χ2v) is 4.48. The third kappa shape index (κ3) is 4.46. The van der Waals surface area contributed by atoms with Crippen LogP contribution in [0.5, 0.6) is 0 Å². The third-order valence-electron chi connectivity index (χ3n) is 1.97. The molecule has 0 fully saturated rings. The van der Waals surface area contributed by atoms with E-state index in [2.05, 4.69) is 14.8 Å². The minimum Gasteiger partial charge on any atom is -0.307 e. The molecule has 0 heterocycles. The summed E-state index contributed by atoms with van der Waals surface area (Å²) in [4.78, 5) is 4.67. The molecule has 0 aromatic heterocycles. The van der Waals surface area contributed by atoms with Gasteiger partial charge in [-0.05, 0) is 26.0 Å². The highest BCUT2D eigenvalue weighted by Crippen LogP contribution is 2.08. The summed E-state index contributed by atoms with van der Waals surface area (Å²) in [6, 6.07) is 7.36. The SMILES string of the molecule is CCN=C(/C=N/S(=O)c1ccc(C)cc1)NN. The molecule has 0 saturated carbocycles. The van der Waals surface area contributed by atoms with E-state index in [0.29, 0.717) is 17.3 Å². The van der Waals surface area contributed by atoms with Crippen LogP contribution in [0.4, 0.5) is 0 Å². The van der Waals surface area contributed by atoms with Gasteiger partial charge in [-0.2, -0.15) is 4.40 Å². The Morgan fingerprint density at radius 3 is 2.65 bits per heavy atom. The van der Waals surface area contributed by atoms with E-state index in [0.717, 1.165) is 5.56 Å². The number of benzene rings is 1. The van der Waals surface area contributed by atoms with Gasteiger partial charge in [0, 0.05) is 6.54 Å². The quantitative estimate of drug-likeness (QED) is 0.363. The zero-order chi connectivity index (χ0) is 12.7. The van der Waals surface area contributed by atoms with Crippen molar-refractivity contribution in [3.8, 4) is 0 Å². The number of hydrogen-bond acceptors (Lipinski definition) is 3. The number of nitrogens with zero attached hydrogens (tertiary/aromatic N) is 2. The molecule has 0 aliphatic carbocycles. The van der Waals surface area contributed by atoms with E-state index in [9.17, 15) is 4.21 Å². The van der Waals surface area contributed by atoms with Crippen LogP contribution in [0.3, 0.4) is 0 Å². The fourth-order valence-electron chi connectivity index (χ4n) is 1.11. The number of nitrogens with two attached hydrogens (primary N) is 1. The Morgan fingerprint density at radius 2 is 2.12 bits per heavy atom. The fraction of sp³-hybridized carbons (Fsp3) is 0.273. The molecule has 5 nitrogen and oxygen atoms in total. The van der Waals surface area contributed by atoms with Crippen LogP contribution in [0, 0.1) is 6.92 Å². The first-order valence-corrected chi connectivity index (χ1v) is 6.31. The van der Waals surface area contributed by atoms with Gasteiger partial charge in [-0.25, -0.2) is 10.1 Å². The molecule has 1 rings (SSSR count). The van der Waals surface area contributed by atoms with Crippen LogP contribution in [0.15, 0.2) is 38.6 Å². The van der Waals surface area contributed by atoms with Crippen LogP contribution in [0.25, 0.3) is 0 Å². The van der Waals surface area contributed by atoms with Gasteiger partial charge in [0.25, 0.3) is 0 Å². The number of hydrogen-bond donors (Lipinski definition) is 2. The van der Waals surface area contributed by atoms with Gasteiger partial charge in [-0.1, -0.05) is 17.7 Å². The third-order valence-corrected chi connectivity index (χ3v) is 2.94. The molecular weight excluding hydrogens is 236 g/mol. The number of hydrazine groups is 1. The molecule has 0 amide bonds. The first-order chi connectivity index (χ1) is 8.17. The average Bonchev–Trinajstić information content (AvgIpc) is 2.35. The minimum absolute atomic E-state index is 0.410. The zero-order valence-corrected chi connectivity index (χ0v) is 10.7. The van der Waals surface area contributed by atoms with Gasteiger partial charge >= 0.3 is 0 Å². The molecule has 0 saturated heterocycles. The van der Waals surface area contributed by atoms with Crippen molar-refractivity contribution in [2.45, 2.75) is 18.7 Å². The molecule has 92 valence electrons. The molecule has 0 aliphatic rings. The maximum absolute atomic E-state index is 11.8. The Kier molecular flexibility index (Phi) is 5.51. The van der Waals surface area contributed by atoms with Crippen LogP contribution in [-0.4, -0.2) is 22.8 Å². The lowest BCUT2D eigenvalue weighted by molar-refractivity contribution is 0.684. The predicted molar refractivity (Wildman–Crippen MR) is 71.4 cm³/mol. The molecule has 6 heteroatoms. The molecule has 0 spiro atoms. The maximum Gasteiger partial charge on any atom is 0.172 e. The number of nitrogens with one attached hydrogen (secondary N) is 1. The highest BCUT2D eigenvalue weighted by Gasteiger charge is 2.00. The highest BCUT2D eigenvalue weighted by atomic mass is 32.2. The van der Waals surface area contributed by atoms with Crippen LogP contribution >= 0.6 is 0 Å². The summed E-state index contributed by atoms with van der Waals surface area (Å²) in [5.41, 5.74) is 3.50. The first-order valence-electron chi connectivity index (χ1n) is 5.21. The summed E-state index contributed by atoms with van der Waals surface area (Å²) in [7, 11) is -1.42. The van der Waals surface area contributed by atoms with Gasteiger partial charge in [-0.3, -0.25) is 4.99 Å². The van der Waals surface area contributed by atoms with Crippen molar-refractivity contribution in [3.05, 3.63) is 29.8 Å². The van der Waals surface area contributed by atoms with Gasteiger partial charge in [0.05, 0.1) is 11.1 Å². The van der Waals surface area contributed by atoms with Crippen molar-refractivity contribution >= 4 is 23.0 Å². The van der Waals surface area contributed by atoms with Crippen LogP contribution in [-0.2, 0) is 11.0 Å². The van der Waals surface area contributed by atoms with Crippen LogP contribution < -0.4 is 11.3 Å². The average molecular weight is 252 g/mol. The zero-order valence-electron chi connectivity index (χ0n) is 9.88. The molecular formula is C11H16N4OS. The smallest absolute Gasteiger partial charge is 0.172 e. The van der Waals surface area contributed by atoms with E-state index >= 15 is 0 Å². The lowest BCUT2D eigenvalue weighted by atomic mass is 10.2. The molecule has 1 atom stereocenters. The normalized spacial score (nSPS) is 13.9. The van der Waals surface area contributed by atoms with E-state index < -0.39 is 11.0 Å². The highest BCUT2D eigenvalue weighted by molar-refractivity contribution is 7.83. The van der Waals surface area contributed by atoms with E-state index in [1.54, 1.807) is 12.1 Å². The molecule has 0 aliphatic heterocycles. The minimum atomic E-state index is -1.42. The number of rotatable bonds is 4. The first kappa shape index (κ1) is 13.5. The van der Waals surface area contributed by atoms with Gasteiger partial charge < -0.3 is 5.43 Å². The molecule has 0 radical (unpaired) electrons. The molecule has 1 aromatic rings. The van der Waals surface area contributed by atoms with E-state index in [1.165, 1.54) is 6.21 Å². The molecule has 1 aromatic carbocycles. The second-order valence-electron chi connectivity index (χ2n) is 3.30. The summed E-state index contributed by atoms with van der Waals surface area (Å²) < 4.78 is 15.7. The monoisotopic (exact) mass is 252 g/mol. The Balaban J connectivity index is 2.75. The largest absolute Gasteiger partial charge is 0.307 e.